The van der Waals surface area contributed by atoms with Crippen molar-refractivity contribution in [3.05, 3.63) is 101 Å². The zero-order valence-corrected chi connectivity index (χ0v) is 19.3. The van der Waals surface area contributed by atoms with Crippen LogP contribution in [0, 0.1) is 0 Å². The van der Waals surface area contributed by atoms with Crippen LogP contribution in [0.15, 0.2) is 77.9 Å². The molecule has 0 spiro atoms. The summed E-state index contributed by atoms with van der Waals surface area (Å²) in [4.78, 5) is 14.9. The second-order valence-electron chi connectivity index (χ2n) is 8.47. The molecule has 5 nitrogen and oxygen atoms in total. The molecule has 1 N–H and O–H groups in total. The Morgan fingerprint density at radius 1 is 1.03 bits per heavy atom. The Morgan fingerprint density at radius 2 is 1.79 bits per heavy atom. The van der Waals surface area contributed by atoms with E-state index in [2.05, 4.69) is 39.7 Å². The van der Waals surface area contributed by atoms with Gasteiger partial charge in [-0.05, 0) is 65.1 Å². The number of ether oxygens (including phenoxy) is 1. The Balaban J connectivity index is 1.11. The van der Waals surface area contributed by atoms with Gasteiger partial charge in [0.25, 0.3) is 5.91 Å². The first-order chi connectivity index (χ1) is 16.2. The largest absolute Gasteiger partial charge is 0.489 e. The van der Waals surface area contributed by atoms with E-state index >= 15 is 0 Å². The molecule has 5 rings (SSSR count). The molecule has 0 saturated carbocycles. The number of hydrazone groups is 1. The third-order valence-electron chi connectivity index (χ3n) is 6.00. The monoisotopic (exact) mass is 457 g/mol. The molecule has 2 aliphatic rings. The van der Waals surface area contributed by atoms with Gasteiger partial charge in [0.1, 0.15) is 11.9 Å². The van der Waals surface area contributed by atoms with Gasteiger partial charge in [-0.2, -0.15) is 16.9 Å². The van der Waals surface area contributed by atoms with Gasteiger partial charge in [0.05, 0.1) is 6.21 Å². The highest BCUT2D eigenvalue weighted by Gasteiger charge is 2.19. The summed E-state index contributed by atoms with van der Waals surface area (Å²) in [6.07, 6.45) is 3.06. The molecule has 2 heterocycles. The normalized spacial score (nSPS) is 16.2. The average molecular weight is 458 g/mol. The van der Waals surface area contributed by atoms with E-state index in [-0.39, 0.29) is 5.91 Å². The number of thioether (sulfide) groups is 1. The van der Waals surface area contributed by atoms with Crippen molar-refractivity contribution < 1.29 is 9.53 Å². The number of hydrogen-bond acceptors (Lipinski definition) is 5. The number of nitrogens with zero attached hydrogens (tertiary/aromatic N) is 2. The molecular weight excluding hydrogens is 430 g/mol. The van der Waals surface area contributed by atoms with E-state index < -0.39 is 0 Å². The fourth-order valence-electron chi connectivity index (χ4n) is 4.05. The summed E-state index contributed by atoms with van der Waals surface area (Å²) in [5.74, 6) is 2.77. The van der Waals surface area contributed by atoms with Gasteiger partial charge in [0, 0.05) is 36.7 Å². The van der Waals surface area contributed by atoms with E-state index in [4.69, 9.17) is 4.74 Å². The molecule has 1 amide bonds. The van der Waals surface area contributed by atoms with Crippen molar-refractivity contribution in [3.8, 4) is 5.75 Å². The molecule has 0 aliphatic carbocycles. The van der Waals surface area contributed by atoms with E-state index in [1.165, 1.54) is 16.7 Å². The number of amides is 1. The van der Waals surface area contributed by atoms with Crippen molar-refractivity contribution in [1.82, 2.24) is 10.3 Å². The van der Waals surface area contributed by atoms with Gasteiger partial charge in [-0.3, -0.25) is 9.69 Å². The van der Waals surface area contributed by atoms with Crippen LogP contribution >= 0.6 is 11.8 Å². The summed E-state index contributed by atoms with van der Waals surface area (Å²) in [6, 6.07) is 24.2. The van der Waals surface area contributed by atoms with Gasteiger partial charge < -0.3 is 4.74 Å². The fourth-order valence-corrected chi connectivity index (χ4v) is 4.61. The Kier molecular flexibility index (Phi) is 6.74. The minimum Gasteiger partial charge on any atom is -0.489 e. The topological polar surface area (TPSA) is 53.9 Å². The Hall–Kier alpha value is -3.09. The number of fused-ring (bicyclic) bond motifs is 1. The number of nitrogens with one attached hydrogen (secondary N) is 1. The molecule has 0 radical (unpaired) electrons. The molecule has 168 valence electrons. The summed E-state index contributed by atoms with van der Waals surface area (Å²) < 4.78 is 5.84. The molecular formula is C27H27N3O2S. The smallest absolute Gasteiger partial charge is 0.271 e. The second-order valence-corrected chi connectivity index (χ2v) is 9.55. The molecule has 33 heavy (non-hydrogen) atoms. The van der Waals surface area contributed by atoms with Crippen LogP contribution in [-0.4, -0.2) is 41.2 Å². The van der Waals surface area contributed by atoms with E-state index in [1.54, 1.807) is 6.21 Å². The molecule has 6 heteroatoms. The van der Waals surface area contributed by atoms with Crippen molar-refractivity contribution in [3.63, 3.8) is 0 Å². The molecule has 1 saturated heterocycles. The fraction of sp³-hybridized carbons (Fsp3) is 0.259. The summed E-state index contributed by atoms with van der Waals surface area (Å²) in [7, 11) is 0. The molecule has 0 unspecified atom stereocenters. The van der Waals surface area contributed by atoms with Crippen molar-refractivity contribution in [2.45, 2.75) is 25.6 Å². The zero-order chi connectivity index (χ0) is 22.5. The van der Waals surface area contributed by atoms with Crippen molar-refractivity contribution in [1.29, 1.82) is 0 Å². The maximum atomic E-state index is 12.4. The van der Waals surface area contributed by atoms with Gasteiger partial charge in [-0.25, -0.2) is 5.43 Å². The molecule has 2 aliphatic heterocycles. The minimum atomic E-state index is -0.216. The first kappa shape index (κ1) is 21.7. The number of benzene rings is 3. The van der Waals surface area contributed by atoms with Crippen LogP contribution in [0.3, 0.4) is 0 Å². The molecule has 0 bridgehead atoms. The lowest BCUT2D eigenvalue weighted by Crippen LogP contribution is -2.30. The number of carbonyl (C=O) groups excluding carboxylic acids is 1. The summed E-state index contributed by atoms with van der Waals surface area (Å²) in [6.45, 7) is 2.91. The third kappa shape index (κ3) is 5.64. The molecule has 0 aromatic heterocycles. The quantitative estimate of drug-likeness (QED) is 0.419. The van der Waals surface area contributed by atoms with Crippen LogP contribution in [0.2, 0.25) is 0 Å². The standard InChI is InChI=1S/C27H27N3O2S/c31-27(29-28-15-20-7-11-25(12-8-20)32-26-18-33-19-26)23-9-5-21(6-10-23)16-30-14-13-22-3-1-2-4-24(22)17-30/h1-12,15,26H,13-14,16-19H2,(H,29,31)/b28-15+. The van der Waals surface area contributed by atoms with Gasteiger partial charge in [0.2, 0.25) is 0 Å². The van der Waals surface area contributed by atoms with Crippen molar-refractivity contribution in [2.24, 2.45) is 5.10 Å². The van der Waals surface area contributed by atoms with Gasteiger partial charge in [-0.1, -0.05) is 36.4 Å². The third-order valence-corrected chi connectivity index (χ3v) is 7.22. The van der Waals surface area contributed by atoms with Gasteiger partial charge >= 0.3 is 0 Å². The highest BCUT2D eigenvalue weighted by Crippen LogP contribution is 2.24. The van der Waals surface area contributed by atoms with E-state index in [0.29, 0.717) is 11.7 Å². The molecule has 0 atom stereocenters. The second kappa shape index (κ2) is 10.2. The SMILES string of the molecule is O=C(N/N=C/c1ccc(OC2CSC2)cc1)c1ccc(CN2CCc3ccccc3C2)cc1. The van der Waals surface area contributed by atoms with Crippen LogP contribution in [0.25, 0.3) is 0 Å². The molecule has 1 fully saturated rings. The van der Waals surface area contributed by atoms with Crippen molar-refractivity contribution in [2.75, 3.05) is 18.1 Å². The first-order valence-electron chi connectivity index (χ1n) is 11.3. The Labute approximate surface area is 198 Å². The van der Waals surface area contributed by atoms with Gasteiger partial charge in [-0.15, -0.1) is 0 Å². The zero-order valence-electron chi connectivity index (χ0n) is 18.4. The Bertz CT molecular complexity index is 1120. The summed E-state index contributed by atoms with van der Waals surface area (Å²) in [5.41, 5.74) is 8.19. The highest BCUT2D eigenvalue weighted by molar-refractivity contribution is 8.00. The maximum Gasteiger partial charge on any atom is 0.271 e. The lowest BCUT2D eigenvalue weighted by molar-refractivity contribution is 0.0955. The Morgan fingerprint density at radius 3 is 2.52 bits per heavy atom. The average Bonchev–Trinajstić information content (AvgIpc) is 2.83. The van der Waals surface area contributed by atoms with E-state index in [1.807, 2.05) is 60.3 Å². The number of rotatable bonds is 7. The van der Waals surface area contributed by atoms with Crippen LogP contribution in [0.4, 0.5) is 0 Å². The van der Waals surface area contributed by atoms with Gasteiger partial charge in [0.15, 0.2) is 0 Å². The molecule has 3 aromatic rings. The predicted octanol–water partition coefficient (Wildman–Crippen LogP) is 4.50. The minimum absolute atomic E-state index is 0.216. The highest BCUT2D eigenvalue weighted by atomic mass is 32.2. The summed E-state index contributed by atoms with van der Waals surface area (Å²) in [5, 5.41) is 4.10. The lowest BCUT2D eigenvalue weighted by atomic mass is 9.99. The first-order valence-corrected chi connectivity index (χ1v) is 12.4. The number of hydrogen-bond donors (Lipinski definition) is 1. The van der Waals surface area contributed by atoms with E-state index in [9.17, 15) is 4.79 Å². The van der Waals surface area contributed by atoms with Crippen LogP contribution in [0.1, 0.15) is 32.6 Å². The number of carbonyl (C=O) groups is 1. The van der Waals surface area contributed by atoms with Crippen LogP contribution < -0.4 is 10.2 Å². The van der Waals surface area contributed by atoms with Crippen molar-refractivity contribution >= 4 is 23.9 Å². The molecule has 3 aromatic carbocycles. The summed E-state index contributed by atoms with van der Waals surface area (Å²) >= 11 is 1.90. The maximum absolute atomic E-state index is 12.4. The van der Waals surface area contributed by atoms with Crippen LogP contribution in [0.5, 0.6) is 5.75 Å². The van der Waals surface area contributed by atoms with E-state index in [0.717, 1.165) is 48.9 Å². The lowest BCUT2D eigenvalue weighted by Gasteiger charge is -2.28. The predicted molar refractivity (Wildman–Crippen MR) is 134 cm³/mol. The van der Waals surface area contributed by atoms with Crippen LogP contribution in [-0.2, 0) is 19.5 Å².